The van der Waals surface area contributed by atoms with Crippen LogP contribution in [0.3, 0.4) is 0 Å². The van der Waals surface area contributed by atoms with Crippen LogP contribution >= 0.6 is 23.2 Å². The average Bonchev–Trinajstić information content (AvgIpc) is 3.00. The third-order valence-electron chi connectivity index (χ3n) is 4.19. The molecule has 4 rings (SSSR count). The molecule has 0 radical (unpaired) electrons. The number of carbonyl (C=O) groups excluding carboxylic acids is 2. The largest absolute Gasteiger partial charge is 0.364 e. The van der Waals surface area contributed by atoms with E-state index in [0.717, 1.165) is 16.3 Å². The molecule has 0 aliphatic heterocycles. The first-order valence-electron chi connectivity index (χ1n) is 7.90. The number of hydrogen-bond donors (Lipinski definition) is 2. The zero-order valence-electron chi connectivity index (χ0n) is 13.7. The molecule has 0 fully saturated rings. The van der Waals surface area contributed by atoms with Gasteiger partial charge in [-0.05, 0) is 30.3 Å². The van der Waals surface area contributed by atoms with E-state index >= 15 is 0 Å². The molecule has 27 heavy (non-hydrogen) atoms. The maximum atomic E-state index is 11.9. The van der Waals surface area contributed by atoms with Crippen LogP contribution in [0.2, 0.25) is 10.0 Å². The highest BCUT2D eigenvalue weighted by atomic mass is 35.5. The molecule has 3 N–H and O–H groups in total. The van der Waals surface area contributed by atoms with E-state index in [1.807, 2.05) is 24.3 Å². The standard InChI is InChI=1S/C19H12Cl2N4O2/c20-10-5-11(21)7-12(6-10)25(9-26)19-17-14(8-16(24-19)18(22)27)13-3-1-2-4-15(13)23-17/h1-9,23H,(H2,22,27). The van der Waals surface area contributed by atoms with Gasteiger partial charge in [0.05, 0.1) is 11.2 Å². The van der Waals surface area contributed by atoms with E-state index in [1.165, 1.54) is 4.90 Å². The van der Waals surface area contributed by atoms with Gasteiger partial charge in [0.25, 0.3) is 5.91 Å². The Bertz CT molecular complexity index is 1200. The summed E-state index contributed by atoms with van der Waals surface area (Å²) >= 11 is 12.1. The van der Waals surface area contributed by atoms with Gasteiger partial charge in [-0.25, -0.2) is 4.98 Å². The van der Waals surface area contributed by atoms with Crippen molar-refractivity contribution < 1.29 is 9.59 Å². The van der Waals surface area contributed by atoms with E-state index in [-0.39, 0.29) is 11.5 Å². The fraction of sp³-hybridized carbons (Fsp3) is 0. The Morgan fingerprint density at radius 2 is 1.78 bits per heavy atom. The third-order valence-corrected chi connectivity index (χ3v) is 4.63. The summed E-state index contributed by atoms with van der Waals surface area (Å²) in [6, 6.07) is 13.9. The minimum Gasteiger partial charge on any atom is -0.364 e. The highest BCUT2D eigenvalue weighted by Gasteiger charge is 2.20. The van der Waals surface area contributed by atoms with Crippen molar-refractivity contribution in [3.05, 3.63) is 64.3 Å². The summed E-state index contributed by atoms with van der Waals surface area (Å²) in [6.45, 7) is 0. The first kappa shape index (κ1) is 17.3. The number of halogens is 2. The molecule has 0 atom stereocenters. The van der Waals surface area contributed by atoms with Crippen LogP contribution in [0.15, 0.2) is 48.5 Å². The normalized spacial score (nSPS) is 11.0. The van der Waals surface area contributed by atoms with Gasteiger partial charge in [-0.3, -0.25) is 14.5 Å². The predicted molar refractivity (Wildman–Crippen MR) is 107 cm³/mol. The van der Waals surface area contributed by atoms with E-state index in [0.29, 0.717) is 27.7 Å². The molecule has 2 amide bonds. The minimum atomic E-state index is -0.696. The van der Waals surface area contributed by atoms with Gasteiger partial charge in [0.15, 0.2) is 5.82 Å². The molecule has 0 aliphatic carbocycles. The second kappa shape index (κ2) is 6.57. The zero-order valence-corrected chi connectivity index (χ0v) is 15.3. The number of H-pyrrole nitrogens is 1. The Labute approximate surface area is 163 Å². The van der Waals surface area contributed by atoms with Gasteiger partial charge < -0.3 is 10.7 Å². The molecule has 0 saturated carbocycles. The van der Waals surface area contributed by atoms with Crippen molar-refractivity contribution in [1.29, 1.82) is 0 Å². The second-order valence-corrected chi connectivity index (χ2v) is 6.76. The number of pyridine rings is 1. The molecule has 2 aromatic heterocycles. The zero-order chi connectivity index (χ0) is 19.1. The second-order valence-electron chi connectivity index (χ2n) is 5.89. The molecule has 0 spiro atoms. The number of rotatable bonds is 4. The highest BCUT2D eigenvalue weighted by Crippen LogP contribution is 2.35. The van der Waals surface area contributed by atoms with Crippen LogP contribution in [-0.2, 0) is 4.79 Å². The van der Waals surface area contributed by atoms with Gasteiger partial charge in [-0.1, -0.05) is 41.4 Å². The third kappa shape index (κ3) is 2.99. The number of aromatic amines is 1. The monoisotopic (exact) mass is 398 g/mol. The number of hydrogen-bond acceptors (Lipinski definition) is 3. The quantitative estimate of drug-likeness (QED) is 0.498. The number of amides is 2. The fourth-order valence-corrected chi connectivity index (χ4v) is 3.56. The summed E-state index contributed by atoms with van der Waals surface area (Å²) in [5.41, 5.74) is 7.34. The molecule has 2 aromatic carbocycles. The lowest BCUT2D eigenvalue weighted by Crippen LogP contribution is -2.19. The Morgan fingerprint density at radius 1 is 1.07 bits per heavy atom. The highest BCUT2D eigenvalue weighted by molar-refractivity contribution is 6.35. The van der Waals surface area contributed by atoms with E-state index in [4.69, 9.17) is 28.9 Å². The minimum absolute atomic E-state index is 0.0437. The molecule has 0 unspecified atom stereocenters. The number of nitrogens with zero attached hydrogens (tertiary/aromatic N) is 2. The van der Waals surface area contributed by atoms with E-state index in [2.05, 4.69) is 9.97 Å². The van der Waals surface area contributed by atoms with Crippen molar-refractivity contribution in [3.63, 3.8) is 0 Å². The van der Waals surface area contributed by atoms with Crippen LogP contribution in [0.4, 0.5) is 11.5 Å². The number of carbonyl (C=O) groups is 2. The SMILES string of the molecule is NC(=O)c1cc2c([nH]c3ccccc32)c(N(C=O)c2cc(Cl)cc(Cl)c2)n1. The number of nitrogens with two attached hydrogens (primary N) is 1. The first-order chi connectivity index (χ1) is 13.0. The van der Waals surface area contributed by atoms with E-state index < -0.39 is 5.91 Å². The van der Waals surface area contributed by atoms with Gasteiger partial charge >= 0.3 is 0 Å². The number of primary amides is 1. The topological polar surface area (TPSA) is 92.1 Å². The number of anilines is 2. The maximum Gasteiger partial charge on any atom is 0.267 e. The summed E-state index contributed by atoms with van der Waals surface area (Å²) in [6.07, 6.45) is 0.583. The summed E-state index contributed by atoms with van der Waals surface area (Å²) in [5.74, 6) is -0.468. The van der Waals surface area contributed by atoms with Gasteiger partial charge in [0.2, 0.25) is 6.41 Å². The van der Waals surface area contributed by atoms with Gasteiger partial charge in [0.1, 0.15) is 5.69 Å². The van der Waals surface area contributed by atoms with Crippen molar-refractivity contribution in [1.82, 2.24) is 9.97 Å². The molecule has 134 valence electrons. The van der Waals surface area contributed by atoms with Crippen molar-refractivity contribution in [2.45, 2.75) is 0 Å². The van der Waals surface area contributed by atoms with Crippen molar-refractivity contribution in [2.24, 2.45) is 5.73 Å². The first-order valence-corrected chi connectivity index (χ1v) is 8.65. The van der Waals surface area contributed by atoms with Crippen LogP contribution in [0.25, 0.3) is 21.8 Å². The lowest BCUT2D eigenvalue weighted by Gasteiger charge is -2.18. The number of fused-ring (bicyclic) bond motifs is 3. The van der Waals surface area contributed by atoms with Gasteiger partial charge in [0, 0.05) is 26.3 Å². The lowest BCUT2D eigenvalue weighted by molar-refractivity contribution is -0.106. The molecular formula is C19H12Cl2N4O2. The van der Waals surface area contributed by atoms with Gasteiger partial charge in [-0.15, -0.1) is 0 Å². The van der Waals surface area contributed by atoms with Crippen molar-refractivity contribution in [2.75, 3.05) is 4.90 Å². The molecule has 2 heterocycles. The Morgan fingerprint density at radius 3 is 2.44 bits per heavy atom. The fourth-order valence-electron chi connectivity index (χ4n) is 3.04. The van der Waals surface area contributed by atoms with Gasteiger partial charge in [-0.2, -0.15) is 0 Å². The average molecular weight is 399 g/mol. The molecule has 0 aliphatic rings. The van der Waals surface area contributed by atoms with E-state index in [9.17, 15) is 9.59 Å². The molecule has 0 bridgehead atoms. The summed E-state index contributed by atoms with van der Waals surface area (Å²) < 4.78 is 0. The van der Waals surface area contributed by atoms with Crippen LogP contribution in [-0.4, -0.2) is 22.3 Å². The van der Waals surface area contributed by atoms with Crippen molar-refractivity contribution >= 4 is 68.8 Å². The summed E-state index contributed by atoms with van der Waals surface area (Å²) in [5, 5.41) is 2.34. The van der Waals surface area contributed by atoms with Crippen LogP contribution < -0.4 is 10.6 Å². The Hall–Kier alpha value is -3.09. The van der Waals surface area contributed by atoms with Crippen LogP contribution in [0, 0.1) is 0 Å². The van der Waals surface area contributed by atoms with E-state index in [1.54, 1.807) is 24.3 Å². The number of benzene rings is 2. The molecule has 8 heteroatoms. The lowest BCUT2D eigenvalue weighted by atomic mass is 10.1. The molecule has 4 aromatic rings. The Balaban J connectivity index is 2.06. The molecule has 0 saturated heterocycles. The predicted octanol–water partition coefficient (Wildman–Crippen LogP) is 4.42. The van der Waals surface area contributed by atoms with Crippen LogP contribution in [0.5, 0.6) is 0 Å². The molecule has 6 nitrogen and oxygen atoms in total. The number of aromatic nitrogens is 2. The molecular weight excluding hydrogens is 387 g/mol. The smallest absolute Gasteiger partial charge is 0.267 e. The number of nitrogens with one attached hydrogen (secondary N) is 1. The van der Waals surface area contributed by atoms with Crippen LogP contribution in [0.1, 0.15) is 10.5 Å². The maximum absolute atomic E-state index is 11.9. The summed E-state index contributed by atoms with van der Waals surface area (Å²) in [7, 11) is 0. The summed E-state index contributed by atoms with van der Waals surface area (Å²) in [4.78, 5) is 32.6. The number of para-hydroxylation sites is 1. The Kier molecular flexibility index (Phi) is 4.22. The van der Waals surface area contributed by atoms with Crippen molar-refractivity contribution in [3.8, 4) is 0 Å².